The van der Waals surface area contributed by atoms with E-state index in [-0.39, 0.29) is 12.3 Å². The van der Waals surface area contributed by atoms with Gasteiger partial charge in [-0.2, -0.15) is 0 Å². The third-order valence-corrected chi connectivity index (χ3v) is 3.12. The second-order valence-corrected chi connectivity index (χ2v) is 5.24. The van der Waals surface area contributed by atoms with Gasteiger partial charge in [0.05, 0.1) is 12.3 Å². The van der Waals surface area contributed by atoms with E-state index >= 15 is 0 Å². The highest BCUT2D eigenvalue weighted by atomic mass is 31.2. The van der Waals surface area contributed by atoms with E-state index in [0.717, 1.165) is 5.56 Å². The summed E-state index contributed by atoms with van der Waals surface area (Å²) in [5.74, 6) is 0. The lowest BCUT2D eigenvalue weighted by molar-refractivity contribution is 0.204. The van der Waals surface area contributed by atoms with E-state index < -0.39 is 7.60 Å². The van der Waals surface area contributed by atoms with Gasteiger partial charge < -0.3 is 9.42 Å². The van der Waals surface area contributed by atoms with Crippen molar-refractivity contribution in [3.63, 3.8) is 0 Å². The van der Waals surface area contributed by atoms with Crippen LogP contribution in [0.3, 0.4) is 0 Å². The Bertz CT molecular complexity index is 321. The average Bonchev–Trinajstić information content (AvgIpc) is 2.02. The van der Waals surface area contributed by atoms with Crippen molar-refractivity contribution in [2.75, 3.05) is 0 Å². The molecule has 4 heteroatoms. The molecule has 0 heterocycles. The molecule has 1 unspecified atom stereocenters. The van der Waals surface area contributed by atoms with Crippen molar-refractivity contribution >= 4 is 7.60 Å². The minimum Gasteiger partial charge on any atom is -0.324 e. The number of hydrogen-bond donors (Lipinski definition) is 1. The van der Waals surface area contributed by atoms with Crippen LogP contribution in [0.1, 0.15) is 19.4 Å². The molecule has 0 fully saturated rings. The number of rotatable bonds is 4. The van der Waals surface area contributed by atoms with Crippen LogP contribution in [-0.2, 0) is 15.3 Å². The van der Waals surface area contributed by atoms with Gasteiger partial charge in [-0.3, -0.25) is 4.57 Å². The van der Waals surface area contributed by atoms with Gasteiger partial charge in [0.1, 0.15) is 0 Å². The molecule has 1 atom stereocenters. The zero-order valence-electron chi connectivity index (χ0n) is 8.38. The van der Waals surface area contributed by atoms with Gasteiger partial charge in [0, 0.05) is 0 Å². The van der Waals surface area contributed by atoms with E-state index in [2.05, 4.69) is 0 Å². The molecule has 0 radical (unpaired) electrons. The Balaban J connectivity index is 2.64. The highest BCUT2D eigenvalue weighted by Gasteiger charge is 2.21. The molecule has 0 saturated heterocycles. The quantitative estimate of drug-likeness (QED) is 0.784. The van der Waals surface area contributed by atoms with Gasteiger partial charge in [-0.05, 0) is 19.4 Å². The van der Waals surface area contributed by atoms with Gasteiger partial charge in [-0.25, -0.2) is 0 Å². The van der Waals surface area contributed by atoms with Gasteiger partial charge in [0.2, 0.25) is 0 Å². The first-order valence-electron chi connectivity index (χ1n) is 4.54. The predicted octanol–water partition coefficient (Wildman–Crippen LogP) is 2.80. The summed E-state index contributed by atoms with van der Waals surface area (Å²) in [6.45, 7) is 3.49. The minimum atomic E-state index is -3.47. The number of hydrogen-bond acceptors (Lipinski definition) is 2. The molecule has 1 rings (SSSR count). The minimum absolute atomic E-state index is 0.0754. The molecule has 78 valence electrons. The van der Waals surface area contributed by atoms with E-state index in [0.29, 0.717) is 0 Å². The van der Waals surface area contributed by atoms with Gasteiger partial charge in [-0.15, -0.1) is 0 Å². The van der Waals surface area contributed by atoms with Gasteiger partial charge in [0.15, 0.2) is 0 Å². The summed E-state index contributed by atoms with van der Waals surface area (Å²) in [6.07, 6.45) is -0.152. The van der Waals surface area contributed by atoms with Crippen molar-refractivity contribution in [3.05, 3.63) is 35.9 Å². The molecule has 0 aliphatic heterocycles. The molecular weight excluding hydrogens is 199 g/mol. The summed E-state index contributed by atoms with van der Waals surface area (Å²) in [5.41, 5.74) is 0.819. The van der Waals surface area contributed by atoms with Crippen LogP contribution in [-0.4, -0.2) is 11.0 Å². The van der Waals surface area contributed by atoms with Crippen LogP contribution in [0.4, 0.5) is 0 Å². The van der Waals surface area contributed by atoms with E-state index in [1.165, 1.54) is 0 Å². The van der Waals surface area contributed by atoms with Crippen LogP contribution in [0, 0.1) is 0 Å². The zero-order valence-corrected chi connectivity index (χ0v) is 9.28. The molecule has 1 N–H and O–H groups in total. The molecule has 14 heavy (non-hydrogen) atoms. The normalized spacial score (nSPS) is 15.4. The molecule has 0 saturated carbocycles. The Kier molecular flexibility index (Phi) is 3.87. The third kappa shape index (κ3) is 4.05. The molecule has 1 aromatic carbocycles. The van der Waals surface area contributed by atoms with Crippen LogP contribution in [0.15, 0.2) is 30.3 Å². The van der Waals surface area contributed by atoms with Crippen LogP contribution < -0.4 is 0 Å². The summed E-state index contributed by atoms with van der Waals surface area (Å²) in [4.78, 5) is 9.47. The summed E-state index contributed by atoms with van der Waals surface area (Å²) in [5, 5.41) is 0. The maximum Gasteiger partial charge on any atom is 0.332 e. The van der Waals surface area contributed by atoms with E-state index in [1.807, 2.05) is 30.3 Å². The first-order valence-corrected chi connectivity index (χ1v) is 6.30. The van der Waals surface area contributed by atoms with Crippen molar-refractivity contribution in [2.45, 2.75) is 26.1 Å². The fourth-order valence-electron chi connectivity index (χ4n) is 1.18. The largest absolute Gasteiger partial charge is 0.332 e. The SMILES string of the molecule is CC(C)OP(=O)(O)Cc1ccccc1. The third-order valence-electron chi connectivity index (χ3n) is 1.60. The van der Waals surface area contributed by atoms with Crippen molar-refractivity contribution in [3.8, 4) is 0 Å². The number of benzene rings is 1. The van der Waals surface area contributed by atoms with Gasteiger partial charge in [-0.1, -0.05) is 30.3 Å². The summed E-state index contributed by atoms with van der Waals surface area (Å²) < 4.78 is 16.5. The lowest BCUT2D eigenvalue weighted by Gasteiger charge is -2.14. The van der Waals surface area contributed by atoms with Gasteiger partial charge >= 0.3 is 7.60 Å². The first-order chi connectivity index (χ1) is 6.49. The Morgan fingerprint density at radius 1 is 1.36 bits per heavy atom. The fourth-order valence-corrected chi connectivity index (χ4v) is 2.59. The predicted molar refractivity (Wildman–Crippen MR) is 56.2 cm³/mol. The maximum atomic E-state index is 11.5. The Labute approximate surface area is 84.3 Å². The summed E-state index contributed by atoms with van der Waals surface area (Å²) in [6, 6.07) is 9.17. The zero-order chi connectivity index (χ0) is 10.6. The van der Waals surface area contributed by atoms with E-state index in [9.17, 15) is 9.46 Å². The molecular formula is C10H15O3P. The highest BCUT2D eigenvalue weighted by Crippen LogP contribution is 2.46. The van der Waals surface area contributed by atoms with E-state index in [4.69, 9.17) is 4.52 Å². The molecule has 0 spiro atoms. The summed E-state index contributed by atoms with van der Waals surface area (Å²) in [7, 11) is -3.47. The van der Waals surface area contributed by atoms with Crippen LogP contribution in [0.2, 0.25) is 0 Å². The van der Waals surface area contributed by atoms with Crippen molar-refractivity contribution in [1.82, 2.24) is 0 Å². The molecule has 0 aliphatic rings. The molecule has 0 amide bonds. The topological polar surface area (TPSA) is 46.5 Å². The van der Waals surface area contributed by atoms with Crippen LogP contribution in [0.25, 0.3) is 0 Å². The van der Waals surface area contributed by atoms with Gasteiger partial charge in [0.25, 0.3) is 0 Å². The molecule has 0 aromatic heterocycles. The lowest BCUT2D eigenvalue weighted by Crippen LogP contribution is -2.01. The first kappa shape index (κ1) is 11.4. The molecule has 1 aromatic rings. The summed E-state index contributed by atoms with van der Waals surface area (Å²) >= 11 is 0. The highest BCUT2D eigenvalue weighted by molar-refractivity contribution is 7.51. The van der Waals surface area contributed by atoms with Crippen molar-refractivity contribution < 1.29 is 14.0 Å². The van der Waals surface area contributed by atoms with E-state index in [1.54, 1.807) is 13.8 Å². The monoisotopic (exact) mass is 214 g/mol. The molecule has 3 nitrogen and oxygen atoms in total. The van der Waals surface area contributed by atoms with Crippen LogP contribution in [0.5, 0.6) is 0 Å². The van der Waals surface area contributed by atoms with Crippen molar-refractivity contribution in [2.24, 2.45) is 0 Å². The Hall–Kier alpha value is -0.630. The maximum absolute atomic E-state index is 11.5. The fraction of sp³-hybridized carbons (Fsp3) is 0.400. The van der Waals surface area contributed by atoms with Crippen molar-refractivity contribution in [1.29, 1.82) is 0 Å². The second-order valence-electron chi connectivity index (χ2n) is 3.44. The Morgan fingerprint density at radius 2 is 1.93 bits per heavy atom. The van der Waals surface area contributed by atoms with Crippen LogP contribution >= 0.6 is 7.60 Å². The second kappa shape index (κ2) is 4.74. The lowest BCUT2D eigenvalue weighted by atomic mass is 10.2. The molecule has 0 aliphatic carbocycles. The average molecular weight is 214 g/mol. The Morgan fingerprint density at radius 3 is 2.43 bits per heavy atom. The standard InChI is InChI=1S/C10H15O3P/c1-9(2)13-14(11,12)8-10-6-4-3-5-7-10/h3-7,9H,8H2,1-2H3,(H,11,12). The molecule has 0 bridgehead atoms. The smallest absolute Gasteiger partial charge is 0.324 e.